The van der Waals surface area contributed by atoms with Crippen molar-refractivity contribution in [3.63, 3.8) is 0 Å². The number of halogens is 1. The van der Waals surface area contributed by atoms with Crippen molar-refractivity contribution in [3.8, 4) is 5.75 Å². The first-order valence-corrected chi connectivity index (χ1v) is 14.8. The Kier molecular flexibility index (Phi) is 10.6. The highest BCUT2D eigenvalue weighted by Crippen LogP contribution is 2.40. The van der Waals surface area contributed by atoms with E-state index in [0.717, 1.165) is 7.11 Å². The summed E-state index contributed by atoms with van der Waals surface area (Å²) < 4.78 is 66.3. The van der Waals surface area contributed by atoms with Gasteiger partial charge in [0.2, 0.25) is 0 Å². The lowest BCUT2D eigenvalue weighted by Gasteiger charge is -2.37. The average Bonchev–Trinajstić information content (AvgIpc) is 2.93. The number of esters is 1. The number of hydrogen-bond acceptors (Lipinski definition) is 9. The van der Waals surface area contributed by atoms with Crippen molar-refractivity contribution in [1.29, 1.82) is 0 Å². The van der Waals surface area contributed by atoms with Crippen LogP contribution >= 0.6 is 0 Å². The number of carbonyl (C=O) groups is 3. The monoisotopic (exact) mass is 621 g/mol. The van der Waals surface area contributed by atoms with Gasteiger partial charge in [-0.2, -0.15) is 8.42 Å². The van der Waals surface area contributed by atoms with Crippen LogP contribution in [0.1, 0.15) is 44.4 Å². The molecule has 0 bridgehead atoms. The summed E-state index contributed by atoms with van der Waals surface area (Å²) in [5.74, 6) is -2.31. The minimum absolute atomic E-state index is 0.00666. The van der Waals surface area contributed by atoms with Gasteiger partial charge in [-0.3, -0.25) is 4.79 Å². The van der Waals surface area contributed by atoms with E-state index in [1.54, 1.807) is 62.7 Å². The second-order valence-corrected chi connectivity index (χ2v) is 12.3. The Morgan fingerprint density at radius 3 is 2.49 bits per heavy atom. The molecular formula is C29H36FN3O9S. The molecule has 0 saturated heterocycles. The summed E-state index contributed by atoms with van der Waals surface area (Å²) in [5, 5.41) is 0. The zero-order chi connectivity index (χ0) is 31.9. The van der Waals surface area contributed by atoms with Gasteiger partial charge < -0.3 is 23.8 Å². The van der Waals surface area contributed by atoms with Gasteiger partial charge in [-0.05, 0) is 56.9 Å². The van der Waals surface area contributed by atoms with E-state index in [4.69, 9.17) is 14.2 Å². The number of amides is 2. The normalized spacial score (nSPS) is 14.7. The molecule has 1 heterocycles. The molecule has 234 valence electrons. The van der Waals surface area contributed by atoms with E-state index < -0.39 is 58.1 Å². The second-order valence-electron chi connectivity index (χ2n) is 10.7. The Balaban J connectivity index is 2.15. The first-order chi connectivity index (χ1) is 20.2. The number of carbonyl (C=O) groups excluding carboxylic acids is 3. The molecule has 2 amide bonds. The van der Waals surface area contributed by atoms with Crippen LogP contribution in [0, 0.1) is 5.82 Å². The van der Waals surface area contributed by atoms with Crippen LogP contribution in [0.2, 0.25) is 0 Å². The maximum atomic E-state index is 16.6. The molecule has 1 N–H and O–H groups in total. The van der Waals surface area contributed by atoms with Crippen molar-refractivity contribution in [1.82, 2.24) is 9.62 Å². The van der Waals surface area contributed by atoms with Gasteiger partial charge in [0.1, 0.15) is 36.8 Å². The van der Waals surface area contributed by atoms with Crippen molar-refractivity contribution in [2.75, 3.05) is 24.6 Å². The van der Waals surface area contributed by atoms with Crippen molar-refractivity contribution in [3.05, 3.63) is 71.6 Å². The van der Waals surface area contributed by atoms with Gasteiger partial charge in [0.25, 0.3) is 0 Å². The molecule has 2 aromatic carbocycles. The summed E-state index contributed by atoms with van der Waals surface area (Å²) in [4.78, 5) is 38.9. The van der Waals surface area contributed by atoms with E-state index in [9.17, 15) is 22.8 Å². The fourth-order valence-electron chi connectivity index (χ4n) is 4.25. The third-order valence-electron chi connectivity index (χ3n) is 6.22. The van der Waals surface area contributed by atoms with Crippen molar-refractivity contribution in [2.24, 2.45) is 0 Å². The van der Waals surface area contributed by atoms with E-state index in [1.807, 2.05) is 0 Å². The number of anilines is 1. The zero-order valence-electron chi connectivity index (χ0n) is 24.7. The zero-order valence-corrected chi connectivity index (χ0v) is 25.5. The van der Waals surface area contributed by atoms with E-state index in [1.165, 1.54) is 17.0 Å². The summed E-state index contributed by atoms with van der Waals surface area (Å²) in [7, 11) is -3.92. The molecule has 0 radical (unpaired) electrons. The molecule has 2 aromatic rings. The fraction of sp³-hybridized carbons (Fsp3) is 0.414. The van der Waals surface area contributed by atoms with Crippen LogP contribution in [0.25, 0.3) is 0 Å². The standard InChI is InChI=1S/C29H36FN3O9S/c1-7-13-40-27(35)31-43(37,38)33(17-24(34)39-6)26-23(41-18-20-11-9-8-10-12-20)15-21-16-32(28(36)42-29(3,4)5)19(2)14-22(21)25(26)30/h7-12,15,19H,1,13-14,16-18H2,2-6H3,(H,31,35)/t19-/m0/s1. The number of benzene rings is 2. The molecule has 0 aromatic heterocycles. The smallest absolute Gasteiger partial charge is 0.422 e. The highest BCUT2D eigenvalue weighted by atomic mass is 32.2. The molecule has 0 unspecified atom stereocenters. The van der Waals surface area contributed by atoms with Crippen molar-refractivity contribution < 1.29 is 46.1 Å². The van der Waals surface area contributed by atoms with Gasteiger partial charge in [0, 0.05) is 12.6 Å². The van der Waals surface area contributed by atoms with Crippen molar-refractivity contribution >= 4 is 34.1 Å². The number of fused-ring (bicyclic) bond motifs is 1. The minimum atomic E-state index is -4.95. The third kappa shape index (κ3) is 8.60. The Bertz CT molecular complexity index is 1460. The number of methoxy groups -OCH3 is 1. The molecular weight excluding hydrogens is 585 g/mol. The lowest BCUT2D eigenvalue weighted by Crippen LogP contribution is -2.47. The Morgan fingerprint density at radius 1 is 1.21 bits per heavy atom. The average molecular weight is 622 g/mol. The van der Waals surface area contributed by atoms with Gasteiger partial charge in [0.05, 0.1) is 7.11 Å². The number of nitrogens with zero attached hydrogens (tertiary/aromatic N) is 2. The highest BCUT2D eigenvalue weighted by Gasteiger charge is 2.38. The summed E-state index contributed by atoms with van der Waals surface area (Å²) in [6, 6.07) is 9.71. The Morgan fingerprint density at radius 2 is 1.88 bits per heavy atom. The van der Waals surface area contributed by atoms with E-state index in [-0.39, 0.29) is 37.5 Å². The largest absolute Gasteiger partial charge is 0.487 e. The summed E-state index contributed by atoms with van der Waals surface area (Å²) in [6.07, 6.45) is -0.757. The van der Waals surface area contributed by atoms with Crippen LogP contribution in [-0.2, 0) is 48.8 Å². The SMILES string of the molecule is C=CCOC(=O)NS(=O)(=O)N(CC(=O)OC)c1c(OCc2ccccc2)cc2c(c1F)C[C@H](C)N(C(=O)OC(C)(C)C)C2. The molecule has 3 rings (SSSR count). The highest BCUT2D eigenvalue weighted by molar-refractivity contribution is 7.91. The summed E-state index contributed by atoms with van der Waals surface area (Å²) in [6.45, 7) is 8.81. The molecule has 14 heteroatoms. The Labute approximate surface area is 250 Å². The second kappa shape index (κ2) is 13.8. The van der Waals surface area contributed by atoms with Crippen LogP contribution in [0.15, 0.2) is 49.1 Å². The van der Waals surface area contributed by atoms with E-state index in [0.29, 0.717) is 15.4 Å². The van der Waals surface area contributed by atoms with Gasteiger partial charge in [-0.25, -0.2) is 23.0 Å². The predicted molar refractivity (Wildman–Crippen MR) is 155 cm³/mol. The lowest BCUT2D eigenvalue weighted by atomic mass is 9.93. The number of ether oxygens (including phenoxy) is 4. The minimum Gasteiger partial charge on any atom is -0.487 e. The molecule has 43 heavy (non-hydrogen) atoms. The molecule has 0 aliphatic carbocycles. The number of nitrogens with one attached hydrogen (secondary N) is 1. The molecule has 1 atom stereocenters. The predicted octanol–water partition coefficient (Wildman–Crippen LogP) is 4.22. The van der Waals surface area contributed by atoms with Gasteiger partial charge in [-0.1, -0.05) is 43.0 Å². The number of rotatable bonds is 10. The molecule has 12 nitrogen and oxygen atoms in total. The molecule has 1 aliphatic heterocycles. The van der Waals surface area contributed by atoms with Crippen LogP contribution in [0.4, 0.5) is 19.7 Å². The number of hydrogen-bond donors (Lipinski definition) is 1. The third-order valence-corrected chi connectivity index (χ3v) is 7.54. The van der Waals surface area contributed by atoms with Crippen LogP contribution in [0.3, 0.4) is 0 Å². The first kappa shape index (κ1) is 33.2. The topological polar surface area (TPSA) is 141 Å². The van der Waals surface area contributed by atoms with E-state index >= 15 is 4.39 Å². The summed E-state index contributed by atoms with van der Waals surface area (Å²) in [5.41, 5.74) is -0.250. The van der Waals surface area contributed by atoms with Crippen LogP contribution in [-0.4, -0.2) is 63.4 Å². The Hall–Kier alpha value is -4.33. The maximum absolute atomic E-state index is 16.6. The molecule has 0 spiro atoms. The molecule has 1 aliphatic rings. The van der Waals surface area contributed by atoms with Gasteiger partial charge >= 0.3 is 28.4 Å². The first-order valence-electron chi connectivity index (χ1n) is 13.3. The summed E-state index contributed by atoms with van der Waals surface area (Å²) >= 11 is 0. The van der Waals surface area contributed by atoms with Gasteiger partial charge in [-0.15, -0.1) is 0 Å². The molecule has 0 fully saturated rings. The van der Waals surface area contributed by atoms with Gasteiger partial charge in [0.15, 0.2) is 5.82 Å². The fourth-order valence-corrected chi connectivity index (χ4v) is 5.31. The van der Waals surface area contributed by atoms with Crippen LogP contribution < -0.4 is 13.8 Å². The van der Waals surface area contributed by atoms with Crippen LogP contribution in [0.5, 0.6) is 5.75 Å². The van der Waals surface area contributed by atoms with E-state index in [2.05, 4.69) is 11.3 Å². The quantitative estimate of drug-likeness (QED) is 0.235. The maximum Gasteiger partial charge on any atom is 0.422 e. The van der Waals surface area contributed by atoms with Crippen molar-refractivity contribution in [2.45, 2.75) is 58.9 Å². The molecule has 0 saturated carbocycles. The lowest BCUT2D eigenvalue weighted by molar-refractivity contribution is -0.138.